The van der Waals surface area contributed by atoms with Crippen LogP contribution >= 0.6 is 45.2 Å². The Labute approximate surface area is 90.2 Å². The van der Waals surface area contributed by atoms with Crippen LogP contribution in [0.3, 0.4) is 0 Å². The zero-order valence-corrected chi connectivity index (χ0v) is 10.7. The first-order chi connectivity index (χ1) is 4.59. The van der Waals surface area contributed by atoms with E-state index in [9.17, 15) is 5.11 Å². The Morgan fingerprint density at radius 2 is 1.90 bits per heavy atom. The minimum atomic E-state index is -0.113. The molecule has 0 aromatic carbocycles. The normalized spacial score (nSPS) is 20.1. The second-order valence-corrected chi connectivity index (χ2v) is 5.88. The predicted octanol–water partition coefficient (Wildman–Crippen LogP) is 2.77. The summed E-state index contributed by atoms with van der Waals surface area (Å²) < 4.78 is 0.956. The van der Waals surface area contributed by atoms with Gasteiger partial charge in [0, 0.05) is 7.85 Å². The summed E-state index contributed by atoms with van der Waals surface area (Å²) in [7, 11) is 0. The first kappa shape index (κ1) is 11.4. The van der Waals surface area contributed by atoms with Crippen molar-refractivity contribution in [3.05, 3.63) is 0 Å². The summed E-state index contributed by atoms with van der Waals surface area (Å²) >= 11 is 4.68. The molecule has 3 atom stereocenters. The van der Waals surface area contributed by atoms with Gasteiger partial charge in [0.25, 0.3) is 0 Å². The summed E-state index contributed by atoms with van der Waals surface area (Å²) in [5.74, 6) is 0. The van der Waals surface area contributed by atoms with Crippen molar-refractivity contribution in [1.82, 2.24) is 0 Å². The van der Waals surface area contributed by atoms with Gasteiger partial charge in [0.05, 0.1) is 6.10 Å². The molecule has 1 nitrogen and oxygen atoms in total. The fraction of sp³-hybridized carbons (Fsp3) is 1.00. The zero-order chi connectivity index (χ0) is 8.15. The van der Waals surface area contributed by atoms with Gasteiger partial charge in [-0.15, -0.1) is 0 Å². The Morgan fingerprint density at radius 1 is 1.40 bits per heavy atom. The zero-order valence-electron chi connectivity index (χ0n) is 6.35. The quantitative estimate of drug-likeness (QED) is 0.598. The molecule has 0 spiro atoms. The first-order valence-electron chi connectivity index (χ1n) is 3.55. The Balaban J connectivity index is 3.58. The molecule has 0 aromatic heterocycles. The van der Waals surface area contributed by atoms with E-state index in [1.807, 2.05) is 0 Å². The Kier molecular flexibility index (Phi) is 6.85. The van der Waals surface area contributed by atoms with E-state index in [4.69, 9.17) is 0 Å². The fourth-order valence-corrected chi connectivity index (χ4v) is 1.60. The maximum absolute atomic E-state index is 9.48. The van der Waals surface area contributed by atoms with Crippen LogP contribution in [0, 0.1) is 0 Å². The Morgan fingerprint density at radius 3 is 2.20 bits per heavy atom. The number of halogens is 2. The average Bonchev–Trinajstić information content (AvgIpc) is 1.87. The molecule has 1 N–H and O–H groups in total. The smallest absolute Gasteiger partial charge is 0.0667 e. The topological polar surface area (TPSA) is 20.2 Å². The highest BCUT2D eigenvalue weighted by molar-refractivity contribution is 14.1. The summed E-state index contributed by atoms with van der Waals surface area (Å²) in [5, 5.41) is 9.48. The molecule has 0 radical (unpaired) electrons. The Bertz CT molecular complexity index is 85.7. The van der Waals surface area contributed by atoms with E-state index >= 15 is 0 Å². The van der Waals surface area contributed by atoms with E-state index in [0.717, 1.165) is 12.8 Å². The van der Waals surface area contributed by atoms with Gasteiger partial charge in [-0.2, -0.15) is 0 Å². The molecule has 3 unspecified atom stereocenters. The molecule has 0 aliphatic rings. The fourth-order valence-electron chi connectivity index (χ4n) is 0.761. The molecule has 0 aromatic rings. The van der Waals surface area contributed by atoms with Gasteiger partial charge in [-0.25, -0.2) is 0 Å². The molecule has 0 heterocycles. The molecule has 62 valence electrons. The monoisotopic (exact) mass is 368 g/mol. The van der Waals surface area contributed by atoms with Crippen LogP contribution < -0.4 is 0 Å². The lowest BCUT2D eigenvalue weighted by Crippen LogP contribution is -2.26. The minimum Gasteiger partial charge on any atom is -0.392 e. The molecule has 0 saturated heterocycles. The van der Waals surface area contributed by atoms with Gasteiger partial charge < -0.3 is 5.11 Å². The van der Waals surface area contributed by atoms with E-state index in [2.05, 4.69) is 59.0 Å². The summed E-state index contributed by atoms with van der Waals surface area (Å²) in [4.78, 5) is 0. The molecule has 0 bridgehead atoms. The third kappa shape index (κ3) is 4.33. The molecule has 10 heavy (non-hydrogen) atoms. The highest BCUT2D eigenvalue weighted by Gasteiger charge is 2.18. The minimum absolute atomic E-state index is 0.113. The molecule has 0 rings (SSSR count). The molecule has 0 aliphatic carbocycles. The van der Waals surface area contributed by atoms with Crippen LogP contribution in [0.4, 0.5) is 0 Å². The van der Waals surface area contributed by atoms with Crippen molar-refractivity contribution in [2.45, 2.75) is 40.6 Å². The number of aliphatic hydroxyl groups is 1. The average molecular weight is 368 g/mol. The van der Waals surface area contributed by atoms with Crippen LogP contribution in [0.25, 0.3) is 0 Å². The molecule has 0 fully saturated rings. The number of aliphatic hydroxyl groups excluding tert-OH is 1. The molecule has 0 saturated carbocycles. The number of hydrogen-bond acceptors (Lipinski definition) is 1. The number of rotatable bonds is 4. The summed E-state index contributed by atoms with van der Waals surface area (Å²) in [6, 6.07) is 0. The highest BCUT2D eigenvalue weighted by Crippen LogP contribution is 2.20. The maximum Gasteiger partial charge on any atom is 0.0667 e. The van der Waals surface area contributed by atoms with Crippen molar-refractivity contribution in [2.75, 3.05) is 0 Å². The van der Waals surface area contributed by atoms with Crippen molar-refractivity contribution in [2.24, 2.45) is 0 Å². The Hall–Kier alpha value is 1.42. The van der Waals surface area contributed by atoms with Crippen molar-refractivity contribution >= 4 is 45.2 Å². The molecular weight excluding hydrogens is 354 g/mol. The van der Waals surface area contributed by atoms with E-state index in [1.165, 1.54) is 0 Å². The van der Waals surface area contributed by atoms with Gasteiger partial charge in [-0.1, -0.05) is 65.5 Å². The first-order valence-corrected chi connectivity index (χ1v) is 6.05. The van der Waals surface area contributed by atoms with Gasteiger partial charge in [-0.05, 0) is 6.42 Å². The van der Waals surface area contributed by atoms with Crippen molar-refractivity contribution < 1.29 is 5.11 Å². The van der Waals surface area contributed by atoms with Gasteiger partial charge in [0.2, 0.25) is 0 Å². The third-order valence-electron chi connectivity index (χ3n) is 1.39. The van der Waals surface area contributed by atoms with Crippen molar-refractivity contribution in [1.29, 1.82) is 0 Å². The lowest BCUT2D eigenvalue weighted by Gasteiger charge is -2.18. The van der Waals surface area contributed by atoms with E-state index < -0.39 is 0 Å². The predicted molar refractivity (Wildman–Crippen MR) is 62.2 cm³/mol. The lowest BCUT2D eigenvalue weighted by atomic mass is 10.1. The highest BCUT2D eigenvalue weighted by atomic mass is 127. The van der Waals surface area contributed by atoms with Crippen LogP contribution in [0.5, 0.6) is 0 Å². The number of hydrogen-bond donors (Lipinski definition) is 1. The summed E-state index contributed by atoms with van der Waals surface area (Å²) in [5.41, 5.74) is 0. The van der Waals surface area contributed by atoms with Crippen LogP contribution in [0.1, 0.15) is 26.7 Å². The van der Waals surface area contributed by atoms with E-state index in [-0.39, 0.29) is 6.10 Å². The van der Waals surface area contributed by atoms with Crippen LogP contribution in [0.2, 0.25) is 0 Å². The van der Waals surface area contributed by atoms with Crippen LogP contribution in [0.15, 0.2) is 0 Å². The largest absolute Gasteiger partial charge is 0.392 e. The van der Waals surface area contributed by atoms with E-state index in [0.29, 0.717) is 7.85 Å². The standard InChI is InChI=1S/C7H14I2O/c1-3-4-6(10)7(9)5(2)8/h5-7,10H,3-4H2,1-2H3. The second kappa shape index (κ2) is 5.99. The lowest BCUT2D eigenvalue weighted by molar-refractivity contribution is 0.166. The second-order valence-electron chi connectivity index (χ2n) is 2.48. The summed E-state index contributed by atoms with van der Waals surface area (Å²) in [6.07, 6.45) is 1.89. The van der Waals surface area contributed by atoms with Crippen LogP contribution in [-0.2, 0) is 0 Å². The molecular formula is C7H14I2O. The van der Waals surface area contributed by atoms with Crippen molar-refractivity contribution in [3.8, 4) is 0 Å². The van der Waals surface area contributed by atoms with Gasteiger partial charge in [-0.3, -0.25) is 0 Å². The number of alkyl halides is 2. The molecule has 0 aliphatic heterocycles. The van der Waals surface area contributed by atoms with Gasteiger partial charge in [0.15, 0.2) is 0 Å². The molecule has 0 amide bonds. The SMILES string of the molecule is CCCC(O)C(I)C(C)I. The van der Waals surface area contributed by atoms with Gasteiger partial charge in [0.1, 0.15) is 0 Å². The third-order valence-corrected chi connectivity index (χ3v) is 5.45. The van der Waals surface area contributed by atoms with Crippen LogP contribution in [-0.4, -0.2) is 19.1 Å². The van der Waals surface area contributed by atoms with E-state index in [1.54, 1.807) is 0 Å². The molecule has 3 heteroatoms. The summed E-state index contributed by atoms with van der Waals surface area (Å²) in [6.45, 7) is 4.24. The maximum atomic E-state index is 9.48. The van der Waals surface area contributed by atoms with Gasteiger partial charge >= 0.3 is 0 Å². The van der Waals surface area contributed by atoms with Crippen molar-refractivity contribution in [3.63, 3.8) is 0 Å².